The molecule has 2 N–H and O–H groups in total. The molecule has 1 saturated heterocycles. The molecular formula is C13H17BrN2OS. The van der Waals surface area contributed by atoms with Crippen LogP contribution in [0, 0.1) is 0 Å². The van der Waals surface area contributed by atoms with Gasteiger partial charge in [-0.3, -0.25) is 0 Å². The summed E-state index contributed by atoms with van der Waals surface area (Å²) in [7, 11) is 0. The number of halogens is 1. The number of nitrogens with zero attached hydrogens (tertiary/aromatic N) is 1. The molecule has 1 fully saturated rings. The third-order valence-corrected chi connectivity index (χ3v) is 3.73. The predicted molar refractivity (Wildman–Crippen MR) is 82.3 cm³/mol. The van der Waals surface area contributed by atoms with Crippen LogP contribution in [0.4, 0.5) is 5.69 Å². The minimum absolute atomic E-state index is 0.227. The molecule has 1 heterocycles. The Labute approximate surface area is 121 Å². The van der Waals surface area contributed by atoms with Gasteiger partial charge in [0.05, 0.1) is 6.10 Å². The molecular weight excluding hydrogens is 312 g/mol. The molecule has 2 rings (SSSR count). The van der Waals surface area contributed by atoms with Crippen LogP contribution in [0.3, 0.4) is 0 Å². The summed E-state index contributed by atoms with van der Waals surface area (Å²) in [5.74, 6) is 0. The molecule has 0 bridgehead atoms. The van der Waals surface area contributed by atoms with Crippen molar-refractivity contribution in [3.63, 3.8) is 0 Å². The summed E-state index contributed by atoms with van der Waals surface area (Å²) in [5, 5.41) is 0. The average Bonchev–Trinajstić information content (AvgIpc) is 2.53. The van der Waals surface area contributed by atoms with E-state index in [1.54, 1.807) is 0 Å². The third-order valence-electron chi connectivity index (χ3n) is 3.02. The van der Waals surface area contributed by atoms with Crippen molar-refractivity contribution in [2.45, 2.75) is 19.4 Å². The van der Waals surface area contributed by atoms with E-state index in [4.69, 9.17) is 22.7 Å². The fraction of sp³-hybridized carbons (Fsp3) is 0.462. The highest BCUT2D eigenvalue weighted by Gasteiger charge is 2.18. The van der Waals surface area contributed by atoms with Gasteiger partial charge in [0.1, 0.15) is 4.99 Å². The zero-order valence-corrected chi connectivity index (χ0v) is 12.8. The molecule has 1 aromatic rings. The normalized spacial score (nSPS) is 20.6. The van der Waals surface area contributed by atoms with Crippen LogP contribution in [0.5, 0.6) is 0 Å². The van der Waals surface area contributed by atoms with Crippen molar-refractivity contribution in [1.29, 1.82) is 0 Å². The van der Waals surface area contributed by atoms with Crippen LogP contribution in [-0.4, -0.2) is 30.8 Å². The highest BCUT2D eigenvalue weighted by molar-refractivity contribution is 9.10. The van der Waals surface area contributed by atoms with Gasteiger partial charge in [-0.1, -0.05) is 28.1 Å². The van der Waals surface area contributed by atoms with Crippen LogP contribution in [-0.2, 0) is 4.74 Å². The average molecular weight is 329 g/mol. The molecule has 0 aromatic heterocycles. The van der Waals surface area contributed by atoms with Gasteiger partial charge in [-0.15, -0.1) is 0 Å². The van der Waals surface area contributed by atoms with Crippen LogP contribution in [0.25, 0.3) is 0 Å². The van der Waals surface area contributed by atoms with Crippen molar-refractivity contribution in [1.82, 2.24) is 0 Å². The summed E-state index contributed by atoms with van der Waals surface area (Å²) in [6, 6.07) is 6.01. The van der Waals surface area contributed by atoms with Gasteiger partial charge in [-0.25, -0.2) is 0 Å². The lowest BCUT2D eigenvalue weighted by Gasteiger charge is -2.26. The molecule has 0 saturated carbocycles. The van der Waals surface area contributed by atoms with Crippen molar-refractivity contribution >= 4 is 38.8 Å². The van der Waals surface area contributed by atoms with Gasteiger partial charge in [0.15, 0.2) is 0 Å². The summed E-state index contributed by atoms with van der Waals surface area (Å²) >= 11 is 8.63. The van der Waals surface area contributed by atoms with Gasteiger partial charge < -0.3 is 15.4 Å². The quantitative estimate of drug-likeness (QED) is 0.847. The maximum atomic E-state index is 5.80. The zero-order chi connectivity index (χ0) is 13.1. The second kappa shape index (κ2) is 5.99. The summed E-state index contributed by atoms with van der Waals surface area (Å²) in [5.41, 5.74) is 7.83. The van der Waals surface area contributed by atoms with E-state index in [1.165, 1.54) is 0 Å². The fourth-order valence-electron chi connectivity index (χ4n) is 2.19. The van der Waals surface area contributed by atoms with Gasteiger partial charge in [-0.2, -0.15) is 0 Å². The topological polar surface area (TPSA) is 38.5 Å². The Morgan fingerprint density at radius 3 is 3.06 bits per heavy atom. The number of ether oxygens (including phenoxy) is 1. The second-order valence-corrected chi connectivity index (χ2v) is 5.86. The second-order valence-electron chi connectivity index (χ2n) is 4.51. The van der Waals surface area contributed by atoms with Crippen molar-refractivity contribution in [3.05, 3.63) is 28.2 Å². The minimum atomic E-state index is 0.227. The van der Waals surface area contributed by atoms with E-state index in [2.05, 4.69) is 33.8 Å². The summed E-state index contributed by atoms with van der Waals surface area (Å²) in [6.45, 7) is 4.74. The van der Waals surface area contributed by atoms with Crippen LogP contribution in [0.15, 0.2) is 22.7 Å². The Balaban J connectivity index is 2.35. The SMILES string of the molecule is CC1CN(c2cc(Br)ccc2C(N)=S)CCCO1. The van der Waals surface area contributed by atoms with Gasteiger partial charge in [0.25, 0.3) is 0 Å². The predicted octanol–water partition coefficient (Wildman–Crippen LogP) is 2.70. The molecule has 1 aromatic carbocycles. The number of nitrogens with two attached hydrogens (primary N) is 1. The van der Waals surface area contributed by atoms with E-state index in [0.717, 1.165) is 41.8 Å². The molecule has 0 radical (unpaired) electrons. The zero-order valence-electron chi connectivity index (χ0n) is 10.4. The van der Waals surface area contributed by atoms with E-state index in [9.17, 15) is 0 Å². The highest BCUT2D eigenvalue weighted by atomic mass is 79.9. The lowest BCUT2D eigenvalue weighted by molar-refractivity contribution is 0.0821. The minimum Gasteiger partial charge on any atom is -0.389 e. The number of hydrogen-bond acceptors (Lipinski definition) is 3. The molecule has 0 aliphatic carbocycles. The first-order chi connectivity index (χ1) is 8.58. The van der Waals surface area contributed by atoms with E-state index in [0.29, 0.717) is 4.99 Å². The number of thiocarbonyl (C=S) groups is 1. The molecule has 98 valence electrons. The van der Waals surface area contributed by atoms with Crippen molar-refractivity contribution in [2.24, 2.45) is 5.73 Å². The summed E-state index contributed by atoms with van der Waals surface area (Å²) in [4.78, 5) is 2.74. The Morgan fingerprint density at radius 1 is 1.56 bits per heavy atom. The van der Waals surface area contributed by atoms with Gasteiger partial charge >= 0.3 is 0 Å². The molecule has 1 aliphatic rings. The Hall–Kier alpha value is -0.650. The first-order valence-electron chi connectivity index (χ1n) is 6.04. The molecule has 3 nitrogen and oxygen atoms in total. The maximum absolute atomic E-state index is 5.80. The van der Waals surface area contributed by atoms with Crippen LogP contribution >= 0.6 is 28.1 Å². The molecule has 1 aliphatic heterocycles. The van der Waals surface area contributed by atoms with E-state index in [1.807, 2.05) is 12.1 Å². The molecule has 18 heavy (non-hydrogen) atoms. The maximum Gasteiger partial charge on any atom is 0.106 e. The third kappa shape index (κ3) is 3.22. The van der Waals surface area contributed by atoms with Crippen LogP contribution in [0.2, 0.25) is 0 Å². The Morgan fingerprint density at radius 2 is 2.33 bits per heavy atom. The van der Waals surface area contributed by atoms with Crippen LogP contribution in [0.1, 0.15) is 18.9 Å². The van der Waals surface area contributed by atoms with Crippen molar-refractivity contribution in [2.75, 3.05) is 24.6 Å². The Kier molecular flexibility index (Phi) is 4.59. The van der Waals surface area contributed by atoms with E-state index >= 15 is 0 Å². The standard InChI is InChI=1S/C13H17BrN2OS/c1-9-8-16(5-2-6-17-9)12-7-10(14)3-4-11(12)13(15)18/h3-4,7,9H,2,5-6,8H2,1H3,(H2,15,18). The van der Waals surface area contributed by atoms with Gasteiger partial charge in [-0.05, 0) is 31.5 Å². The monoisotopic (exact) mass is 328 g/mol. The fourth-order valence-corrected chi connectivity index (χ4v) is 2.71. The number of rotatable bonds is 2. The summed E-state index contributed by atoms with van der Waals surface area (Å²) < 4.78 is 6.70. The molecule has 0 amide bonds. The lowest BCUT2D eigenvalue weighted by Crippen LogP contribution is -2.32. The van der Waals surface area contributed by atoms with Gasteiger partial charge in [0, 0.05) is 35.4 Å². The summed E-state index contributed by atoms with van der Waals surface area (Å²) in [6.07, 6.45) is 1.25. The first kappa shape index (κ1) is 13.8. The Bertz CT molecular complexity index is 453. The number of benzene rings is 1. The molecule has 5 heteroatoms. The lowest BCUT2D eigenvalue weighted by atomic mass is 10.1. The first-order valence-corrected chi connectivity index (χ1v) is 7.24. The molecule has 0 spiro atoms. The smallest absolute Gasteiger partial charge is 0.106 e. The van der Waals surface area contributed by atoms with Crippen molar-refractivity contribution in [3.8, 4) is 0 Å². The molecule has 1 unspecified atom stereocenters. The van der Waals surface area contributed by atoms with Crippen LogP contribution < -0.4 is 10.6 Å². The van der Waals surface area contributed by atoms with Gasteiger partial charge in [0.2, 0.25) is 0 Å². The molecule has 1 atom stereocenters. The largest absolute Gasteiger partial charge is 0.389 e. The van der Waals surface area contributed by atoms with E-state index < -0.39 is 0 Å². The highest BCUT2D eigenvalue weighted by Crippen LogP contribution is 2.26. The van der Waals surface area contributed by atoms with E-state index in [-0.39, 0.29) is 6.10 Å². The number of anilines is 1. The number of hydrogen-bond donors (Lipinski definition) is 1. The van der Waals surface area contributed by atoms with Crippen molar-refractivity contribution < 1.29 is 4.74 Å².